The quantitative estimate of drug-likeness (QED) is 0.724. The average molecular weight is 350 g/mol. The molecule has 6 nitrogen and oxygen atoms in total. The second kappa shape index (κ2) is 6.06. The molecule has 0 aliphatic rings. The van der Waals surface area contributed by atoms with E-state index in [4.69, 9.17) is 33.7 Å². The molecule has 0 saturated heterocycles. The maximum Gasteiger partial charge on any atom is 0.249 e. The summed E-state index contributed by atoms with van der Waals surface area (Å²) in [5.41, 5.74) is 7.65. The lowest BCUT2D eigenvalue weighted by Gasteiger charge is -2.10. The van der Waals surface area contributed by atoms with Gasteiger partial charge in [-0.1, -0.05) is 23.2 Å². The van der Waals surface area contributed by atoms with Crippen LogP contribution in [0.3, 0.4) is 0 Å². The van der Waals surface area contributed by atoms with Crippen molar-refractivity contribution in [3.05, 3.63) is 52.0 Å². The normalized spacial score (nSPS) is 10.8. The molecule has 0 fully saturated rings. The molecule has 0 radical (unpaired) electrons. The minimum atomic E-state index is 0.154. The van der Waals surface area contributed by atoms with Crippen molar-refractivity contribution in [1.29, 1.82) is 0 Å². The van der Waals surface area contributed by atoms with Gasteiger partial charge in [0.1, 0.15) is 11.5 Å². The lowest BCUT2D eigenvalue weighted by Crippen LogP contribution is -2.04. The molecule has 0 spiro atoms. The largest absolute Gasteiger partial charge is 0.418 e. The number of anilines is 1. The summed E-state index contributed by atoms with van der Waals surface area (Å²) >= 11 is 11.9. The standard InChI is InChI=1S/C15H13Cl2N5O/c1-8-7-12(22(21-8)11-5-3-10(16)4-6-11)23-15-13(18)14(17)19-9(2)20-15/h3-7H,18H2,1-2H3. The van der Waals surface area contributed by atoms with Crippen LogP contribution in [0.1, 0.15) is 11.5 Å². The van der Waals surface area contributed by atoms with Gasteiger partial charge in [0.25, 0.3) is 0 Å². The molecule has 0 aliphatic heterocycles. The second-order valence-corrected chi connectivity index (χ2v) is 5.69. The molecule has 2 aromatic heterocycles. The average Bonchev–Trinajstić information content (AvgIpc) is 2.86. The van der Waals surface area contributed by atoms with Crippen LogP contribution in [-0.4, -0.2) is 19.7 Å². The van der Waals surface area contributed by atoms with Crippen LogP contribution in [0, 0.1) is 13.8 Å². The molecule has 8 heteroatoms. The zero-order valence-electron chi connectivity index (χ0n) is 12.4. The summed E-state index contributed by atoms with van der Waals surface area (Å²) in [5, 5.41) is 5.21. The van der Waals surface area contributed by atoms with Crippen LogP contribution in [0.25, 0.3) is 5.69 Å². The third-order valence-corrected chi connectivity index (χ3v) is 3.59. The number of nitrogens with two attached hydrogens (primary N) is 1. The molecule has 0 atom stereocenters. The minimum absolute atomic E-state index is 0.154. The van der Waals surface area contributed by atoms with Crippen molar-refractivity contribution in [3.63, 3.8) is 0 Å². The van der Waals surface area contributed by atoms with Gasteiger partial charge < -0.3 is 10.5 Å². The van der Waals surface area contributed by atoms with Gasteiger partial charge in [-0.15, -0.1) is 0 Å². The number of halogens is 2. The molecule has 118 valence electrons. The molecule has 0 bridgehead atoms. The van der Waals surface area contributed by atoms with Crippen molar-refractivity contribution in [2.24, 2.45) is 0 Å². The summed E-state index contributed by atoms with van der Waals surface area (Å²) < 4.78 is 7.45. The van der Waals surface area contributed by atoms with Gasteiger partial charge in [0.15, 0.2) is 5.15 Å². The maximum atomic E-state index is 5.97. The summed E-state index contributed by atoms with van der Waals surface area (Å²) in [5.74, 6) is 1.12. The summed E-state index contributed by atoms with van der Waals surface area (Å²) in [6.07, 6.45) is 0. The first-order chi connectivity index (χ1) is 10.9. The molecule has 2 N–H and O–H groups in total. The third kappa shape index (κ3) is 3.23. The van der Waals surface area contributed by atoms with E-state index in [0.717, 1.165) is 11.4 Å². The Bertz CT molecular complexity index is 861. The summed E-state index contributed by atoms with van der Waals surface area (Å²) in [6.45, 7) is 3.57. The first-order valence-corrected chi connectivity index (χ1v) is 7.49. The lowest BCUT2D eigenvalue weighted by molar-refractivity contribution is 0.428. The van der Waals surface area contributed by atoms with E-state index in [1.807, 2.05) is 19.1 Å². The summed E-state index contributed by atoms with van der Waals surface area (Å²) in [4.78, 5) is 8.17. The third-order valence-electron chi connectivity index (χ3n) is 3.05. The van der Waals surface area contributed by atoms with Crippen LogP contribution in [0.15, 0.2) is 30.3 Å². The molecule has 1 aromatic carbocycles. The van der Waals surface area contributed by atoms with E-state index in [1.54, 1.807) is 29.8 Å². The van der Waals surface area contributed by atoms with Crippen molar-refractivity contribution in [3.8, 4) is 17.4 Å². The number of hydrogen-bond donors (Lipinski definition) is 1. The Morgan fingerprint density at radius 1 is 1.09 bits per heavy atom. The predicted molar refractivity (Wildman–Crippen MR) is 89.6 cm³/mol. The van der Waals surface area contributed by atoms with Gasteiger partial charge in [-0.2, -0.15) is 10.1 Å². The zero-order chi connectivity index (χ0) is 16.6. The van der Waals surface area contributed by atoms with Gasteiger partial charge in [-0.3, -0.25) is 0 Å². The van der Waals surface area contributed by atoms with E-state index < -0.39 is 0 Å². The first-order valence-electron chi connectivity index (χ1n) is 6.74. The Hall–Kier alpha value is -2.31. The van der Waals surface area contributed by atoms with Crippen molar-refractivity contribution < 1.29 is 4.74 Å². The second-order valence-electron chi connectivity index (χ2n) is 4.89. The highest BCUT2D eigenvalue weighted by Crippen LogP contribution is 2.31. The van der Waals surface area contributed by atoms with Crippen LogP contribution < -0.4 is 10.5 Å². The SMILES string of the molecule is Cc1cc(Oc2nc(C)nc(Cl)c2N)n(-c2ccc(Cl)cc2)n1. The lowest BCUT2D eigenvalue weighted by atomic mass is 10.3. The van der Waals surface area contributed by atoms with Crippen molar-refractivity contribution in [1.82, 2.24) is 19.7 Å². The van der Waals surface area contributed by atoms with Gasteiger partial charge in [0, 0.05) is 11.1 Å². The highest BCUT2D eigenvalue weighted by atomic mass is 35.5. The van der Waals surface area contributed by atoms with Crippen molar-refractivity contribution in [2.75, 3.05) is 5.73 Å². The van der Waals surface area contributed by atoms with Gasteiger partial charge in [0.05, 0.1) is 11.4 Å². The van der Waals surface area contributed by atoms with Crippen molar-refractivity contribution in [2.45, 2.75) is 13.8 Å². The highest BCUT2D eigenvalue weighted by molar-refractivity contribution is 6.32. The highest BCUT2D eigenvalue weighted by Gasteiger charge is 2.15. The topological polar surface area (TPSA) is 78.9 Å². The predicted octanol–water partition coefficient (Wildman–Crippen LogP) is 3.96. The van der Waals surface area contributed by atoms with Crippen LogP contribution in [0.5, 0.6) is 11.8 Å². The number of aryl methyl sites for hydroxylation is 2. The Balaban J connectivity index is 2.03. The first kappa shape index (κ1) is 15.6. The van der Waals surface area contributed by atoms with Crippen LogP contribution >= 0.6 is 23.2 Å². The fourth-order valence-corrected chi connectivity index (χ4v) is 2.34. The molecule has 3 rings (SSSR count). The fourth-order valence-electron chi connectivity index (χ4n) is 2.02. The Kier molecular flexibility index (Phi) is 4.11. The van der Waals surface area contributed by atoms with E-state index in [-0.39, 0.29) is 16.7 Å². The number of aromatic nitrogens is 4. The van der Waals surface area contributed by atoms with Gasteiger partial charge >= 0.3 is 0 Å². The van der Waals surface area contributed by atoms with Crippen LogP contribution in [0.2, 0.25) is 10.2 Å². The molecule has 0 aliphatic carbocycles. The number of hydrogen-bond acceptors (Lipinski definition) is 5. The molecule has 23 heavy (non-hydrogen) atoms. The van der Waals surface area contributed by atoms with E-state index >= 15 is 0 Å². The Morgan fingerprint density at radius 3 is 2.48 bits per heavy atom. The number of nitrogen functional groups attached to an aromatic ring is 1. The minimum Gasteiger partial charge on any atom is -0.418 e. The van der Waals surface area contributed by atoms with Crippen molar-refractivity contribution >= 4 is 28.9 Å². The molecule has 0 unspecified atom stereocenters. The number of rotatable bonds is 3. The molecule has 2 heterocycles. The molecule has 0 amide bonds. The number of benzene rings is 1. The van der Waals surface area contributed by atoms with E-state index in [9.17, 15) is 0 Å². The van der Waals surface area contributed by atoms with Crippen LogP contribution in [-0.2, 0) is 0 Å². The Morgan fingerprint density at radius 2 is 1.78 bits per heavy atom. The monoisotopic (exact) mass is 349 g/mol. The molecule has 0 saturated carbocycles. The van der Waals surface area contributed by atoms with Gasteiger partial charge in [-0.25, -0.2) is 9.67 Å². The number of ether oxygens (including phenoxy) is 1. The van der Waals surface area contributed by atoms with Crippen LogP contribution in [0.4, 0.5) is 5.69 Å². The summed E-state index contributed by atoms with van der Waals surface area (Å²) in [6, 6.07) is 9.00. The van der Waals surface area contributed by atoms with Gasteiger partial charge in [-0.05, 0) is 38.1 Å². The van der Waals surface area contributed by atoms with Gasteiger partial charge in [0.2, 0.25) is 11.8 Å². The Labute approximate surface area is 142 Å². The van der Waals surface area contributed by atoms with E-state index in [0.29, 0.717) is 16.7 Å². The maximum absolute atomic E-state index is 5.97. The molecular formula is C15H13Cl2N5O. The number of nitrogens with zero attached hydrogens (tertiary/aromatic N) is 4. The van der Waals surface area contributed by atoms with E-state index in [2.05, 4.69) is 15.1 Å². The zero-order valence-corrected chi connectivity index (χ0v) is 13.9. The van der Waals surface area contributed by atoms with E-state index in [1.165, 1.54) is 0 Å². The molecule has 3 aromatic rings. The summed E-state index contributed by atoms with van der Waals surface area (Å²) in [7, 11) is 0. The fraction of sp³-hybridized carbons (Fsp3) is 0.133. The smallest absolute Gasteiger partial charge is 0.249 e. The molecular weight excluding hydrogens is 337 g/mol.